The van der Waals surface area contributed by atoms with Crippen LogP contribution < -0.4 is 16.0 Å². The molecule has 0 bridgehead atoms. The van der Waals surface area contributed by atoms with E-state index in [4.69, 9.17) is 27.9 Å². The number of rotatable bonds is 7. The molecule has 42 heavy (non-hydrogen) atoms. The molecule has 3 N–H and O–H groups in total. The standard InChI is InChI=1S/C29H23Cl2FN8OS/c30-22-6-16(1-2-24(22)32)36-27-15(8-33)9-35-28-20(27)5-17(7-23(28)31)37-29(21-14-42-26-10-34-4-3-19(21)26)25-11-40(39-38-25)18-12-41-13-18/h1-2,5-7,9,11,14,18,29,34,37H,3-4,10,12-13H2,(H,35,36)/t29-/m0/s1. The van der Waals surface area contributed by atoms with Gasteiger partial charge in [-0.3, -0.25) is 4.98 Å². The minimum atomic E-state index is -0.531. The van der Waals surface area contributed by atoms with E-state index >= 15 is 0 Å². The third-order valence-electron chi connectivity index (χ3n) is 7.53. The molecule has 9 nitrogen and oxygen atoms in total. The summed E-state index contributed by atoms with van der Waals surface area (Å²) < 4.78 is 21.0. The van der Waals surface area contributed by atoms with Gasteiger partial charge in [0, 0.05) is 34.4 Å². The second-order valence-corrected chi connectivity index (χ2v) is 12.0. The predicted octanol–water partition coefficient (Wildman–Crippen LogP) is 6.37. The van der Waals surface area contributed by atoms with Crippen LogP contribution in [0.2, 0.25) is 10.0 Å². The molecule has 0 saturated carbocycles. The fourth-order valence-corrected chi connectivity index (χ4v) is 6.81. The summed E-state index contributed by atoms with van der Waals surface area (Å²) in [6.45, 7) is 2.97. The number of aromatic nitrogens is 4. The maximum Gasteiger partial charge on any atom is 0.141 e. The van der Waals surface area contributed by atoms with Crippen molar-refractivity contribution in [3.05, 3.63) is 91.2 Å². The summed E-state index contributed by atoms with van der Waals surface area (Å²) in [5.41, 5.74) is 5.78. The zero-order valence-electron chi connectivity index (χ0n) is 22.0. The smallest absolute Gasteiger partial charge is 0.141 e. The molecule has 2 aliphatic rings. The van der Waals surface area contributed by atoms with Crippen molar-refractivity contribution < 1.29 is 9.13 Å². The fourth-order valence-electron chi connectivity index (χ4n) is 5.26. The summed E-state index contributed by atoms with van der Waals surface area (Å²) in [6, 6.07) is 10.1. The van der Waals surface area contributed by atoms with Crippen molar-refractivity contribution in [2.45, 2.75) is 25.0 Å². The van der Waals surface area contributed by atoms with E-state index in [1.807, 2.05) is 23.0 Å². The molecule has 13 heteroatoms. The quantitative estimate of drug-likeness (QED) is 0.192. The number of nitriles is 1. The van der Waals surface area contributed by atoms with Gasteiger partial charge in [0.25, 0.3) is 0 Å². The first kappa shape index (κ1) is 27.1. The van der Waals surface area contributed by atoms with Gasteiger partial charge in [0.15, 0.2) is 0 Å². The first-order valence-corrected chi connectivity index (χ1v) is 14.9. The second kappa shape index (κ2) is 11.1. The Kier molecular flexibility index (Phi) is 7.17. The number of anilines is 3. The number of nitrogens with zero attached hydrogens (tertiary/aromatic N) is 5. The van der Waals surface area contributed by atoms with Crippen LogP contribution in [0.15, 0.2) is 48.1 Å². The van der Waals surface area contributed by atoms with Gasteiger partial charge in [-0.15, -0.1) is 16.4 Å². The van der Waals surface area contributed by atoms with Crippen molar-refractivity contribution in [3.63, 3.8) is 0 Å². The van der Waals surface area contributed by atoms with Gasteiger partial charge in [0.2, 0.25) is 0 Å². The molecule has 0 spiro atoms. The van der Waals surface area contributed by atoms with E-state index in [1.54, 1.807) is 17.4 Å². The minimum absolute atomic E-state index is 0.0316. The Hall–Kier alpha value is -3.79. The van der Waals surface area contributed by atoms with Gasteiger partial charge in [-0.1, -0.05) is 28.4 Å². The summed E-state index contributed by atoms with van der Waals surface area (Å²) in [6.07, 6.45) is 4.35. The van der Waals surface area contributed by atoms with Crippen LogP contribution in [0.4, 0.5) is 21.5 Å². The lowest BCUT2D eigenvalue weighted by atomic mass is 9.97. The Bertz CT molecular complexity index is 1860. The van der Waals surface area contributed by atoms with E-state index in [1.165, 1.54) is 28.8 Å². The molecule has 1 fully saturated rings. The molecule has 0 aliphatic carbocycles. The minimum Gasteiger partial charge on any atom is -0.377 e. The number of nitrogens with one attached hydrogen (secondary N) is 3. The van der Waals surface area contributed by atoms with Crippen LogP contribution in [0.1, 0.15) is 39.3 Å². The third kappa shape index (κ3) is 4.95. The van der Waals surface area contributed by atoms with Crippen molar-refractivity contribution >= 4 is 62.5 Å². The molecule has 2 aliphatic heterocycles. The molecule has 212 valence electrons. The molecule has 2 aromatic carbocycles. The highest BCUT2D eigenvalue weighted by Crippen LogP contribution is 2.39. The number of pyridine rings is 1. The molecule has 0 radical (unpaired) electrons. The Morgan fingerprint density at radius 2 is 2.05 bits per heavy atom. The van der Waals surface area contributed by atoms with Gasteiger partial charge >= 0.3 is 0 Å². The highest BCUT2D eigenvalue weighted by molar-refractivity contribution is 7.10. The lowest BCUT2D eigenvalue weighted by Gasteiger charge is -2.25. The van der Waals surface area contributed by atoms with Crippen LogP contribution in [-0.2, 0) is 17.7 Å². The Balaban J connectivity index is 1.32. The van der Waals surface area contributed by atoms with Gasteiger partial charge < -0.3 is 20.7 Å². The lowest BCUT2D eigenvalue weighted by Crippen LogP contribution is -2.31. The molecule has 5 aromatic rings. The highest BCUT2D eigenvalue weighted by Gasteiger charge is 2.28. The van der Waals surface area contributed by atoms with Crippen LogP contribution in [-0.4, -0.2) is 39.7 Å². The van der Waals surface area contributed by atoms with E-state index in [0.717, 1.165) is 30.8 Å². The highest BCUT2D eigenvalue weighted by atomic mass is 35.5. The summed E-state index contributed by atoms with van der Waals surface area (Å²) in [7, 11) is 0. The predicted molar refractivity (Wildman–Crippen MR) is 161 cm³/mol. The first-order valence-electron chi connectivity index (χ1n) is 13.3. The zero-order valence-corrected chi connectivity index (χ0v) is 24.3. The van der Waals surface area contributed by atoms with Gasteiger partial charge in [0.1, 0.15) is 23.6 Å². The van der Waals surface area contributed by atoms with E-state index < -0.39 is 5.82 Å². The maximum absolute atomic E-state index is 13.8. The number of thiophene rings is 1. The number of ether oxygens (including phenoxy) is 1. The average molecular weight is 622 g/mol. The second-order valence-electron chi connectivity index (χ2n) is 10.2. The maximum atomic E-state index is 13.8. The average Bonchev–Trinajstić information content (AvgIpc) is 3.61. The number of hydrogen-bond donors (Lipinski definition) is 3. The first-order chi connectivity index (χ1) is 20.5. The van der Waals surface area contributed by atoms with Crippen molar-refractivity contribution in [2.75, 3.05) is 30.4 Å². The van der Waals surface area contributed by atoms with Crippen LogP contribution in [0.5, 0.6) is 0 Å². The van der Waals surface area contributed by atoms with Crippen LogP contribution in [0.3, 0.4) is 0 Å². The van der Waals surface area contributed by atoms with E-state index in [0.29, 0.717) is 51.8 Å². The van der Waals surface area contributed by atoms with Crippen molar-refractivity contribution in [1.29, 1.82) is 5.26 Å². The third-order valence-corrected chi connectivity index (χ3v) is 9.15. The van der Waals surface area contributed by atoms with Gasteiger partial charge in [-0.05, 0) is 59.8 Å². The SMILES string of the molecule is N#Cc1cnc2c(Cl)cc(N[C@H](c3cn(C4COC4)nn3)c3csc4c3CCNC4)cc2c1Nc1ccc(F)c(Cl)c1. The van der Waals surface area contributed by atoms with Crippen molar-refractivity contribution in [1.82, 2.24) is 25.3 Å². The van der Waals surface area contributed by atoms with Crippen molar-refractivity contribution in [2.24, 2.45) is 0 Å². The molecule has 1 atom stereocenters. The number of halogens is 3. The lowest BCUT2D eigenvalue weighted by molar-refractivity contribution is -0.0293. The van der Waals surface area contributed by atoms with Gasteiger partial charge in [-0.2, -0.15) is 5.26 Å². The summed E-state index contributed by atoms with van der Waals surface area (Å²) >= 11 is 14.5. The number of hydrogen-bond acceptors (Lipinski definition) is 9. The zero-order chi connectivity index (χ0) is 28.8. The Labute approximate surface area is 254 Å². The normalized spacial score (nSPS) is 15.6. The molecule has 3 aromatic heterocycles. The molecule has 1 saturated heterocycles. The Morgan fingerprint density at radius 3 is 2.83 bits per heavy atom. The summed E-state index contributed by atoms with van der Waals surface area (Å²) in [4.78, 5) is 5.77. The van der Waals surface area contributed by atoms with Gasteiger partial charge in [0.05, 0.1) is 52.3 Å². The number of fused-ring (bicyclic) bond motifs is 2. The monoisotopic (exact) mass is 620 g/mol. The Morgan fingerprint density at radius 1 is 1.19 bits per heavy atom. The van der Waals surface area contributed by atoms with E-state index in [-0.39, 0.29) is 17.1 Å². The van der Waals surface area contributed by atoms with Gasteiger partial charge in [-0.25, -0.2) is 9.07 Å². The van der Waals surface area contributed by atoms with Crippen LogP contribution in [0.25, 0.3) is 10.9 Å². The molecular weight excluding hydrogens is 598 g/mol. The molecule has 0 unspecified atom stereocenters. The van der Waals surface area contributed by atoms with E-state index in [9.17, 15) is 9.65 Å². The number of benzene rings is 2. The van der Waals surface area contributed by atoms with Crippen LogP contribution in [0, 0.1) is 17.1 Å². The summed E-state index contributed by atoms with van der Waals surface area (Å²) in [5.74, 6) is -0.531. The molecule has 5 heterocycles. The molecule has 7 rings (SSSR count). The topological polar surface area (TPSA) is 113 Å². The summed E-state index contributed by atoms with van der Waals surface area (Å²) in [5, 5.41) is 32.4. The van der Waals surface area contributed by atoms with Crippen molar-refractivity contribution in [3.8, 4) is 6.07 Å². The molecule has 0 amide bonds. The van der Waals surface area contributed by atoms with Crippen LogP contribution >= 0.6 is 34.5 Å². The van der Waals surface area contributed by atoms with E-state index in [2.05, 4.69) is 42.7 Å². The fraction of sp³-hybridized carbons (Fsp3) is 0.241. The largest absolute Gasteiger partial charge is 0.377 e. The molecular formula is C29H23Cl2FN8OS.